The molecule has 2 aromatic rings. The molecule has 0 aliphatic carbocycles. The number of likely N-dealkylation sites (tertiary alicyclic amines) is 1. The van der Waals surface area contributed by atoms with E-state index in [1.54, 1.807) is 18.2 Å². The maximum Gasteiger partial charge on any atom is 0.310 e. The highest BCUT2D eigenvalue weighted by atomic mass is 32.1. The van der Waals surface area contributed by atoms with Gasteiger partial charge in [0.2, 0.25) is 0 Å². The SMILES string of the molecule is O=C(c1cc(COc2ccccc2[N+](=O)[O-])cs1)N1CCCCCC1. The predicted octanol–water partition coefficient (Wildman–Crippen LogP) is 4.25. The van der Waals surface area contributed by atoms with Crippen molar-refractivity contribution in [1.82, 2.24) is 4.90 Å². The van der Waals surface area contributed by atoms with E-state index in [-0.39, 0.29) is 24.0 Å². The average Bonchev–Trinajstić information content (AvgIpc) is 2.92. The van der Waals surface area contributed by atoms with E-state index >= 15 is 0 Å². The summed E-state index contributed by atoms with van der Waals surface area (Å²) in [5.74, 6) is 0.308. The van der Waals surface area contributed by atoms with Gasteiger partial charge in [-0.3, -0.25) is 14.9 Å². The molecular formula is C18H20N2O4S. The minimum atomic E-state index is -0.461. The van der Waals surface area contributed by atoms with Crippen molar-refractivity contribution in [2.45, 2.75) is 32.3 Å². The first-order chi connectivity index (χ1) is 12.1. The molecular weight excluding hydrogens is 340 g/mol. The third kappa shape index (κ3) is 4.36. The highest BCUT2D eigenvalue weighted by molar-refractivity contribution is 7.12. The van der Waals surface area contributed by atoms with Gasteiger partial charge < -0.3 is 9.64 Å². The molecule has 7 heteroatoms. The zero-order chi connectivity index (χ0) is 17.6. The lowest BCUT2D eigenvalue weighted by Gasteiger charge is -2.19. The average molecular weight is 360 g/mol. The lowest BCUT2D eigenvalue weighted by Crippen LogP contribution is -2.31. The van der Waals surface area contributed by atoms with Crippen molar-refractivity contribution in [3.05, 3.63) is 56.3 Å². The van der Waals surface area contributed by atoms with Crippen LogP contribution < -0.4 is 4.74 Å². The fourth-order valence-electron chi connectivity index (χ4n) is 2.88. The summed E-state index contributed by atoms with van der Waals surface area (Å²) in [6, 6.07) is 8.12. The molecule has 1 aromatic carbocycles. The number of amides is 1. The number of nitro groups is 1. The highest BCUT2D eigenvalue weighted by Crippen LogP contribution is 2.27. The van der Waals surface area contributed by atoms with E-state index in [0.29, 0.717) is 4.88 Å². The molecule has 6 nitrogen and oxygen atoms in total. The highest BCUT2D eigenvalue weighted by Gasteiger charge is 2.19. The molecule has 1 amide bonds. The van der Waals surface area contributed by atoms with Crippen LogP contribution in [-0.2, 0) is 6.61 Å². The Morgan fingerprint density at radius 1 is 1.20 bits per heavy atom. The summed E-state index contributed by atoms with van der Waals surface area (Å²) in [4.78, 5) is 25.8. The molecule has 0 spiro atoms. The summed E-state index contributed by atoms with van der Waals surface area (Å²) in [7, 11) is 0. The van der Waals surface area contributed by atoms with Gasteiger partial charge in [0, 0.05) is 24.7 Å². The van der Waals surface area contributed by atoms with Crippen molar-refractivity contribution in [3.63, 3.8) is 0 Å². The van der Waals surface area contributed by atoms with Crippen molar-refractivity contribution >= 4 is 22.9 Å². The van der Waals surface area contributed by atoms with Crippen molar-refractivity contribution in [3.8, 4) is 5.75 Å². The fraction of sp³-hybridized carbons (Fsp3) is 0.389. The van der Waals surface area contributed by atoms with Crippen molar-refractivity contribution in [2.75, 3.05) is 13.1 Å². The summed E-state index contributed by atoms with van der Waals surface area (Å²) >= 11 is 1.40. The van der Waals surface area contributed by atoms with Crippen LogP contribution in [0.4, 0.5) is 5.69 Å². The van der Waals surface area contributed by atoms with Gasteiger partial charge in [-0.2, -0.15) is 0 Å². The zero-order valence-electron chi connectivity index (χ0n) is 13.8. The summed E-state index contributed by atoms with van der Waals surface area (Å²) < 4.78 is 5.58. The molecule has 0 saturated carbocycles. The molecule has 0 radical (unpaired) electrons. The van der Waals surface area contributed by atoms with E-state index in [0.717, 1.165) is 31.5 Å². The van der Waals surface area contributed by atoms with Crippen LogP contribution in [0.2, 0.25) is 0 Å². The number of ether oxygens (including phenoxy) is 1. The number of nitrogens with zero attached hydrogens (tertiary/aromatic N) is 2. The number of carbonyl (C=O) groups is 1. The normalized spacial score (nSPS) is 14.8. The van der Waals surface area contributed by atoms with Crippen LogP contribution in [-0.4, -0.2) is 28.8 Å². The molecule has 2 heterocycles. The Morgan fingerprint density at radius 2 is 1.92 bits per heavy atom. The Morgan fingerprint density at radius 3 is 2.64 bits per heavy atom. The number of hydrogen-bond acceptors (Lipinski definition) is 5. The van der Waals surface area contributed by atoms with E-state index in [1.165, 1.54) is 30.2 Å². The van der Waals surface area contributed by atoms with Gasteiger partial charge >= 0.3 is 5.69 Å². The van der Waals surface area contributed by atoms with Crippen LogP contribution in [0.25, 0.3) is 0 Å². The predicted molar refractivity (Wildman–Crippen MR) is 96.1 cm³/mol. The van der Waals surface area contributed by atoms with Crippen LogP contribution >= 0.6 is 11.3 Å². The quantitative estimate of drug-likeness (QED) is 0.590. The van der Waals surface area contributed by atoms with Gasteiger partial charge in [-0.25, -0.2) is 0 Å². The number of benzene rings is 1. The molecule has 0 atom stereocenters. The number of hydrogen-bond donors (Lipinski definition) is 0. The maximum atomic E-state index is 12.6. The smallest absolute Gasteiger partial charge is 0.310 e. The molecule has 1 fully saturated rings. The van der Waals surface area contributed by atoms with Gasteiger partial charge in [0.15, 0.2) is 5.75 Å². The molecule has 1 aliphatic heterocycles. The Hall–Kier alpha value is -2.41. The molecule has 0 unspecified atom stereocenters. The topological polar surface area (TPSA) is 72.7 Å². The van der Waals surface area contributed by atoms with Crippen molar-refractivity contribution < 1.29 is 14.5 Å². The van der Waals surface area contributed by atoms with E-state index in [4.69, 9.17) is 4.74 Å². The van der Waals surface area contributed by atoms with Crippen molar-refractivity contribution in [1.29, 1.82) is 0 Å². The van der Waals surface area contributed by atoms with Gasteiger partial charge in [0.25, 0.3) is 5.91 Å². The van der Waals surface area contributed by atoms with E-state index < -0.39 is 4.92 Å². The van der Waals surface area contributed by atoms with Crippen LogP contribution in [0.3, 0.4) is 0 Å². The van der Waals surface area contributed by atoms with Crippen LogP contribution in [0.15, 0.2) is 35.7 Å². The van der Waals surface area contributed by atoms with Crippen LogP contribution in [0.5, 0.6) is 5.75 Å². The van der Waals surface area contributed by atoms with E-state index in [9.17, 15) is 14.9 Å². The first-order valence-corrected chi connectivity index (χ1v) is 9.26. The molecule has 3 rings (SSSR count). The van der Waals surface area contributed by atoms with Crippen molar-refractivity contribution in [2.24, 2.45) is 0 Å². The molecule has 25 heavy (non-hydrogen) atoms. The Bertz CT molecular complexity index is 751. The monoisotopic (exact) mass is 360 g/mol. The summed E-state index contributed by atoms with van der Waals surface area (Å²) in [6.07, 6.45) is 4.49. The number of carbonyl (C=O) groups excluding carboxylic acids is 1. The van der Waals surface area contributed by atoms with Gasteiger partial charge in [0.1, 0.15) is 6.61 Å². The Balaban J connectivity index is 1.64. The van der Waals surface area contributed by atoms with E-state index in [1.807, 2.05) is 16.3 Å². The van der Waals surface area contributed by atoms with Crippen LogP contribution in [0, 0.1) is 10.1 Å². The number of nitro benzene ring substituents is 1. The minimum Gasteiger partial charge on any atom is -0.482 e. The Kier molecular flexibility index (Phi) is 5.65. The van der Waals surface area contributed by atoms with Gasteiger partial charge in [0.05, 0.1) is 9.80 Å². The fourth-order valence-corrected chi connectivity index (χ4v) is 3.75. The standard InChI is InChI=1S/C18H20N2O4S/c21-18(19-9-5-1-2-6-10-19)17-11-14(13-25-17)12-24-16-8-4-3-7-15(16)20(22)23/h3-4,7-8,11,13H,1-2,5-6,9-10,12H2. The second-order valence-electron chi connectivity index (χ2n) is 6.04. The molecule has 1 aromatic heterocycles. The van der Waals surface area contributed by atoms with Crippen LogP contribution in [0.1, 0.15) is 40.9 Å². The third-order valence-corrected chi connectivity index (χ3v) is 5.18. The second kappa shape index (κ2) is 8.11. The number of rotatable bonds is 5. The maximum absolute atomic E-state index is 12.6. The van der Waals surface area contributed by atoms with Gasteiger partial charge in [-0.05, 0) is 30.4 Å². The third-order valence-electron chi connectivity index (χ3n) is 4.21. The number of thiophene rings is 1. The molecule has 0 bridgehead atoms. The first-order valence-electron chi connectivity index (χ1n) is 8.38. The Labute approximate surface area is 150 Å². The second-order valence-corrected chi connectivity index (χ2v) is 6.95. The molecule has 0 N–H and O–H groups in total. The number of para-hydroxylation sites is 2. The lowest BCUT2D eigenvalue weighted by molar-refractivity contribution is -0.385. The van der Waals surface area contributed by atoms with Gasteiger partial charge in [-0.1, -0.05) is 25.0 Å². The zero-order valence-corrected chi connectivity index (χ0v) is 14.7. The molecule has 132 valence electrons. The van der Waals surface area contributed by atoms with E-state index in [2.05, 4.69) is 0 Å². The summed E-state index contributed by atoms with van der Waals surface area (Å²) in [6.45, 7) is 1.84. The molecule has 1 aliphatic rings. The summed E-state index contributed by atoms with van der Waals surface area (Å²) in [5, 5.41) is 12.9. The summed E-state index contributed by atoms with van der Waals surface area (Å²) in [5.41, 5.74) is 0.792. The lowest BCUT2D eigenvalue weighted by atomic mass is 10.2. The minimum absolute atomic E-state index is 0.0569. The largest absolute Gasteiger partial charge is 0.482 e. The molecule has 1 saturated heterocycles. The van der Waals surface area contributed by atoms with Gasteiger partial charge in [-0.15, -0.1) is 11.3 Å². The first kappa shape index (κ1) is 17.4.